The summed E-state index contributed by atoms with van der Waals surface area (Å²) in [5.74, 6) is 0. The summed E-state index contributed by atoms with van der Waals surface area (Å²) in [7, 11) is 0. The molecule has 674 valence electrons. The van der Waals surface area contributed by atoms with Gasteiger partial charge in [0.25, 0.3) is 0 Å². The average molecular weight is 1880 g/mol. The van der Waals surface area contributed by atoms with E-state index >= 15 is 0 Å². The highest BCUT2D eigenvalue weighted by molar-refractivity contribution is 7.25. The summed E-state index contributed by atoms with van der Waals surface area (Å²) in [5, 5.41) is 22.9. The number of thiophene rings is 1. The molecule has 0 aliphatic rings. The van der Waals surface area contributed by atoms with Crippen molar-refractivity contribution in [3.05, 3.63) is 449 Å². The van der Waals surface area contributed by atoms with Gasteiger partial charge in [0.1, 0.15) is 27.7 Å². The van der Waals surface area contributed by atoms with E-state index in [1.54, 1.807) is 0 Å². The molecular weight excluding hydrogens is 1800 g/mol. The van der Waals surface area contributed by atoms with E-state index in [2.05, 4.69) is 421 Å². The van der Waals surface area contributed by atoms with Crippen LogP contribution in [0.5, 0.6) is 0 Å². The Morgan fingerprint density at radius 1 is 0.164 bits per heavy atom. The summed E-state index contributed by atoms with van der Waals surface area (Å²) in [6.07, 6.45) is 0. The van der Waals surface area contributed by atoms with Crippen LogP contribution in [0.15, 0.2) is 453 Å². The van der Waals surface area contributed by atoms with Crippen LogP contribution in [-0.2, 0) is 0 Å². The van der Waals surface area contributed by atoms with Gasteiger partial charge in [0.05, 0.1) is 99.3 Å². The van der Waals surface area contributed by atoms with Gasteiger partial charge in [-0.15, -0.1) is 11.3 Å². The topological polar surface area (TPSA) is 118 Å². The normalized spacial score (nSPS) is 12.4. The van der Waals surface area contributed by atoms with E-state index in [1.807, 2.05) is 65.9 Å². The van der Waals surface area contributed by atoms with Crippen molar-refractivity contribution in [2.24, 2.45) is 0 Å². The second kappa shape index (κ2) is 30.0. The maximum absolute atomic E-state index is 6.19. The monoisotopic (exact) mass is 1870 g/mol. The van der Waals surface area contributed by atoms with Crippen molar-refractivity contribution in [3.63, 3.8) is 0 Å². The molecule has 0 atom stereocenters. The molecule has 0 N–H and O–H groups in total. The summed E-state index contributed by atoms with van der Waals surface area (Å²) in [4.78, 5) is 31.4. The number of benzene rings is 21. The number of rotatable bonds is 7. The second-order valence-electron chi connectivity index (χ2n) is 38.7. The van der Waals surface area contributed by atoms with E-state index < -0.39 is 0 Å². The van der Waals surface area contributed by atoms with E-state index in [-0.39, 0.29) is 0 Å². The Kier molecular flexibility index (Phi) is 16.3. The van der Waals surface area contributed by atoms with Crippen LogP contribution in [-0.4, -0.2) is 56.8 Å². The molecule has 0 radical (unpaired) electrons. The van der Waals surface area contributed by atoms with Crippen LogP contribution in [0.4, 0.5) is 0 Å². The van der Waals surface area contributed by atoms with Crippen molar-refractivity contribution < 1.29 is 4.42 Å². The number of para-hydroxylation sites is 12. The van der Waals surface area contributed by atoms with Crippen LogP contribution in [0.3, 0.4) is 0 Å². The fourth-order valence-electron chi connectivity index (χ4n) is 24.4. The Morgan fingerprint density at radius 2 is 0.507 bits per heavy atom. The summed E-state index contributed by atoms with van der Waals surface area (Å²) >= 11 is 1.86. The van der Waals surface area contributed by atoms with Crippen molar-refractivity contribution in [2.45, 2.75) is 0 Å². The molecule has 21 aromatic carbocycles. The molecular formula is C132H74N12OS. The first-order valence-electron chi connectivity index (χ1n) is 49.5. The Morgan fingerprint density at radius 3 is 1.08 bits per heavy atom. The molecule has 35 rings (SSSR count). The van der Waals surface area contributed by atoms with Crippen molar-refractivity contribution in [3.8, 4) is 61.6 Å². The lowest BCUT2D eigenvalue weighted by molar-refractivity contribution is 0.669. The summed E-state index contributed by atoms with van der Waals surface area (Å²) < 4.78 is 23.1. The molecule has 14 aromatic heterocycles. The Labute approximate surface area is 832 Å². The molecule has 0 bridgehead atoms. The molecule has 0 saturated carbocycles. The standard InChI is InChI=1S/C44H24N4O.C44H24N4S.C44H26N4/c2*1-2-10-27(11-3-1)47-37-16-8-4-12-28(37)30-23-39-31(24-38(30)47)33-21-26(25-18-19-41-32(20-25)29-13-5-9-17-40(29)49-41)22-34-42-44(48(39)43(33)34)46-36-15-7-6-14-35(36)45-42;1-3-11-27(12-4-1)29-15-9-16-31(23-29)47-39-24-30(28-13-5-2-6-14-28)21-22-32(39)35-25-36-33-17-10-18-34-42-44(46-38-20-8-7-19-37(38)45-42)48(43(33)34)41(36)26-40(35)47/h2*1-24H;1-26H. The first kappa shape index (κ1) is 79.3. The van der Waals surface area contributed by atoms with E-state index in [1.165, 1.54) is 157 Å². The quantitative estimate of drug-likeness (QED) is 0.156. The van der Waals surface area contributed by atoms with Gasteiger partial charge >= 0.3 is 0 Å². The predicted molar refractivity (Wildman–Crippen MR) is 608 cm³/mol. The highest BCUT2D eigenvalue weighted by Gasteiger charge is 2.30. The lowest BCUT2D eigenvalue weighted by Crippen LogP contribution is -1.95. The zero-order valence-electron chi connectivity index (χ0n) is 77.9. The molecule has 14 heterocycles. The maximum Gasteiger partial charge on any atom is 0.165 e. The van der Waals surface area contributed by atoms with Crippen molar-refractivity contribution >= 4 is 267 Å². The van der Waals surface area contributed by atoms with Crippen molar-refractivity contribution in [1.82, 2.24) is 56.8 Å². The van der Waals surface area contributed by atoms with Crippen molar-refractivity contribution in [2.75, 3.05) is 0 Å². The number of furan rings is 1. The lowest BCUT2D eigenvalue weighted by atomic mass is 9.98. The van der Waals surface area contributed by atoms with Crippen LogP contribution in [0.25, 0.3) is 317 Å². The third-order valence-corrected chi connectivity index (χ3v) is 32.0. The number of nitrogens with zero attached hydrogens (tertiary/aromatic N) is 12. The predicted octanol–water partition coefficient (Wildman–Crippen LogP) is 34.6. The minimum Gasteiger partial charge on any atom is -0.456 e. The largest absolute Gasteiger partial charge is 0.456 e. The third kappa shape index (κ3) is 11.4. The summed E-state index contributed by atoms with van der Waals surface area (Å²) in [6.45, 7) is 0. The fraction of sp³-hybridized carbons (Fsp3) is 0. The highest BCUT2D eigenvalue weighted by atomic mass is 32.1. The van der Waals surface area contributed by atoms with Gasteiger partial charge in [0.15, 0.2) is 16.9 Å². The lowest BCUT2D eigenvalue weighted by Gasteiger charge is -2.11. The van der Waals surface area contributed by atoms with Gasteiger partial charge in [-0.3, -0.25) is 13.2 Å². The molecule has 0 saturated heterocycles. The van der Waals surface area contributed by atoms with Crippen LogP contribution < -0.4 is 0 Å². The molecule has 14 heteroatoms. The molecule has 0 fully saturated rings. The van der Waals surface area contributed by atoms with Crippen LogP contribution in [0, 0.1) is 0 Å². The van der Waals surface area contributed by atoms with Gasteiger partial charge < -0.3 is 18.1 Å². The molecule has 0 aliphatic carbocycles. The number of hydrogen-bond acceptors (Lipinski definition) is 8. The first-order chi connectivity index (χ1) is 72.4. The van der Waals surface area contributed by atoms with E-state index in [9.17, 15) is 0 Å². The summed E-state index contributed by atoms with van der Waals surface area (Å²) in [5.41, 5.74) is 39.7. The Hall–Kier alpha value is -19.5. The Balaban J connectivity index is 0.0000000958. The number of fused-ring (bicyclic) bond motifs is 36. The van der Waals surface area contributed by atoms with E-state index in [0.717, 1.165) is 160 Å². The average Bonchev–Trinajstić information content (AvgIpc) is 1.53. The van der Waals surface area contributed by atoms with E-state index in [0.29, 0.717) is 0 Å². The van der Waals surface area contributed by atoms with E-state index in [4.69, 9.17) is 34.3 Å². The molecule has 13 nitrogen and oxygen atoms in total. The van der Waals surface area contributed by atoms with Gasteiger partial charge in [-0.05, 0) is 233 Å². The third-order valence-electron chi connectivity index (χ3n) is 30.8. The number of aromatic nitrogens is 12. The Bertz CT molecular complexity index is 11300. The van der Waals surface area contributed by atoms with Gasteiger partial charge in [0.2, 0.25) is 0 Å². The minimum absolute atomic E-state index is 0.883. The van der Waals surface area contributed by atoms with Crippen LogP contribution in [0.2, 0.25) is 0 Å². The zero-order valence-corrected chi connectivity index (χ0v) is 78.7. The van der Waals surface area contributed by atoms with Crippen LogP contribution >= 0.6 is 11.3 Å². The highest BCUT2D eigenvalue weighted by Crippen LogP contribution is 2.51. The van der Waals surface area contributed by atoms with Gasteiger partial charge in [-0.2, -0.15) is 0 Å². The van der Waals surface area contributed by atoms with Crippen LogP contribution in [0.1, 0.15) is 0 Å². The number of hydrogen-bond donors (Lipinski definition) is 0. The second-order valence-corrected chi connectivity index (χ2v) is 39.8. The van der Waals surface area contributed by atoms with Gasteiger partial charge in [-0.1, -0.05) is 261 Å². The smallest absolute Gasteiger partial charge is 0.165 e. The SMILES string of the molecule is c1ccc(-c2cccc(-n3c4cc(-c5ccccc5)ccc4c4cc5c6cccc7c8nc9ccccc9nc8n(c5cc43)c67)c2)cc1.c1ccc(-n2c3ccccc3c3cc4c(cc32)c2cc(-c3ccc5oc6ccccc6c5c3)cc3c5nc6ccccc6nc5n4c23)cc1.c1ccc(-n2c3ccccc3c3cc4c(cc32)c2cc(-c3ccc5sc6ccccc6c5c3)cc3c5nc6ccccc6nc5n4c23)cc1. The molecule has 0 aliphatic heterocycles. The maximum atomic E-state index is 6.19. The van der Waals surface area contributed by atoms with Crippen molar-refractivity contribution in [1.29, 1.82) is 0 Å². The summed E-state index contributed by atoms with van der Waals surface area (Å²) in [6, 6.07) is 161. The molecule has 0 amide bonds. The fourth-order valence-corrected chi connectivity index (χ4v) is 25.5. The minimum atomic E-state index is 0.883. The molecule has 0 spiro atoms. The first-order valence-corrected chi connectivity index (χ1v) is 50.3. The zero-order chi connectivity index (χ0) is 94.9. The molecule has 0 unspecified atom stereocenters. The van der Waals surface area contributed by atoms with Gasteiger partial charge in [-0.25, -0.2) is 29.9 Å². The van der Waals surface area contributed by atoms with Gasteiger partial charge in [0, 0.05) is 129 Å². The molecule has 35 aromatic rings. The molecule has 146 heavy (non-hydrogen) atoms.